The summed E-state index contributed by atoms with van der Waals surface area (Å²) in [5.41, 5.74) is 5.83. The fourth-order valence-electron chi connectivity index (χ4n) is 0.953. The SMILES string of the molecule is NC(=O)OSCCc1ccccc1Cl. The summed E-state index contributed by atoms with van der Waals surface area (Å²) in [6, 6.07) is 7.56. The summed E-state index contributed by atoms with van der Waals surface area (Å²) in [5.74, 6) is 0.646. The van der Waals surface area contributed by atoms with E-state index in [1.807, 2.05) is 24.3 Å². The summed E-state index contributed by atoms with van der Waals surface area (Å²) in [4.78, 5) is 10.2. The van der Waals surface area contributed by atoms with Crippen molar-refractivity contribution in [1.82, 2.24) is 0 Å². The van der Waals surface area contributed by atoms with Crippen LogP contribution in [0.4, 0.5) is 4.79 Å². The van der Waals surface area contributed by atoms with Crippen LogP contribution in [0.25, 0.3) is 0 Å². The van der Waals surface area contributed by atoms with Gasteiger partial charge in [-0.1, -0.05) is 29.8 Å². The van der Waals surface area contributed by atoms with Crippen LogP contribution in [-0.4, -0.2) is 11.8 Å². The molecule has 5 heteroatoms. The Morgan fingerprint density at radius 3 is 2.86 bits per heavy atom. The third-order valence-electron chi connectivity index (χ3n) is 1.55. The standard InChI is InChI=1S/C9H10ClNO2S/c10-8-4-2-1-3-7(8)5-6-14-13-9(11)12/h1-4H,5-6H2,(H2,11,12). The van der Waals surface area contributed by atoms with E-state index in [9.17, 15) is 4.79 Å². The number of nitrogens with two attached hydrogens (primary N) is 1. The molecule has 1 aromatic rings. The van der Waals surface area contributed by atoms with Gasteiger partial charge < -0.3 is 9.92 Å². The van der Waals surface area contributed by atoms with Crippen LogP contribution in [0.1, 0.15) is 5.56 Å². The van der Waals surface area contributed by atoms with Gasteiger partial charge in [0.1, 0.15) is 0 Å². The molecule has 0 spiro atoms. The van der Waals surface area contributed by atoms with Gasteiger partial charge in [0.05, 0.1) is 12.0 Å². The molecule has 1 amide bonds. The van der Waals surface area contributed by atoms with Gasteiger partial charge in [0.15, 0.2) is 0 Å². The number of primary amides is 1. The van der Waals surface area contributed by atoms with Crippen LogP contribution < -0.4 is 5.73 Å². The molecule has 0 radical (unpaired) electrons. The number of hydrogen-bond acceptors (Lipinski definition) is 3. The Morgan fingerprint density at radius 2 is 2.21 bits per heavy atom. The average Bonchev–Trinajstić information content (AvgIpc) is 2.15. The Balaban J connectivity index is 2.31. The number of rotatable bonds is 4. The number of aryl methyl sites for hydroxylation is 1. The highest BCUT2D eigenvalue weighted by Crippen LogP contribution is 2.17. The molecule has 1 rings (SSSR count). The van der Waals surface area contributed by atoms with E-state index in [2.05, 4.69) is 4.18 Å². The lowest BCUT2D eigenvalue weighted by molar-refractivity contribution is 0.218. The number of benzene rings is 1. The van der Waals surface area contributed by atoms with Gasteiger partial charge in [-0.3, -0.25) is 0 Å². The molecule has 0 unspecified atom stereocenters. The topological polar surface area (TPSA) is 52.3 Å². The largest absolute Gasteiger partial charge is 0.416 e. The number of halogens is 1. The zero-order chi connectivity index (χ0) is 10.4. The van der Waals surface area contributed by atoms with Crippen LogP contribution >= 0.6 is 23.6 Å². The molecule has 0 bridgehead atoms. The molecule has 0 aliphatic rings. The Kier molecular flexibility index (Phi) is 4.62. The minimum Gasteiger partial charge on any atom is -0.375 e. The molecule has 0 saturated heterocycles. The highest BCUT2D eigenvalue weighted by atomic mass is 35.5. The fourth-order valence-corrected chi connectivity index (χ4v) is 1.69. The van der Waals surface area contributed by atoms with Crippen molar-refractivity contribution in [2.24, 2.45) is 5.73 Å². The van der Waals surface area contributed by atoms with E-state index in [-0.39, 0.29) is 0 Å². The lowest BCUT2D eigenvalue weighted by atomic mass is 10.2. The smallest absolute Gasteiger partial charge is 0.375 e. The minimum absolute atomic E-state index is 0.646. The van der Waals surface area contributed by atoms with Crippen LogP contribution in [0.5, 0.6) is 0 Å². The summed E-state index contributed by atoms with van der Waals surface area (Å²) < 4.78 is 4.52. The van der Waals surface area contributed by atoms with Gasteiger partial charge in [-0.05, 0) is 18.1 Å². The molecular weight excluding hydrogens is 222 g/mol. The second-order valence-electron chi connectivity index (χ2n) is 2.57. The van der Waals surface area contributed by atoms with Gasteiger partial charge >= 0.3 is 6.09 Å². The summed E-state index contributed by atoms with van der Waals surface area (Å²) in [6.45, 7) is 0. The van der Waals surface area contributed by atoms with Gasteiger partial charge in [0, 0.05) is 10.8 Å². The number of amides is 1. The first-order valence-electron chi connectivity index (χ1n) is 4.02. The second-order valence-corrected chi connectivity index (χ2v) is 3.78. The predicted octanol–water partition coefficient (Wildman–Crippen LogP) is 2.63. The van der Waals surface area contributed by atoms with E-state index in [1.54, 1.807) is 0 Å². The van der Waals surface area contributed by atoms with Crippen molar-refractivity contribution in [2.75, 3.05) is 5.75 Å². The molecule has 0 aliphatic carbocycles. The second kappa shape index (κ2) is 5.78. The molecule has 0 aliphatic heterocycles. The highest BCUT2D eigenvalue weighted by molar-refractivity contribution is 7.95. The van der Waals surface area contributed by atoms with Crippen molar-refractivity contribution in [1.29, 1.82) is 0 Å². The van der Waals surface area contributed by atoms with E-state index < -0.39 is 6.09 Å². The first-order valence-corrected chi connectivity index (χ1v) is 5.31. The Labute approximate surface area is 91.8 Å². The molecule has 1 aromatic carbocycles. The average molecular weight is 232 g/mol. The van der Waals surface area contributed by atoms with E-state index >= 15 is 0 Å². The first-order chi connectivity index (χ1) is 6.70. The van der Waals surface area contributed by atoms with Crippen molar-refractivity contribution < 1.29 is 8.98 Å². The van der Waals surface area contributed by atoms with Crippen LogP contribution in [0.15, 0.2) is 24.3 Å². The summed E-state index contributed by atoms with van der Waals surface area (Å²) >= 11 is 6.96. The van der Waals surface area contributed by atoms with Gasteiger partial charge in [-0.25, -0.2) is 4.79 Å². The molecule has 0 heterocycles. The summed E-state index contributed by atoms with van der Waals surface area (Å²) in [6.07, 6.45) is -0.0217. The molecule has 0 fully saturated rings. The van der Waals surface area contributed by atoms with Gasteiger partial charge in [0.2, 0.25) is 0 Å². The number of carbonyl (C=O) groups is 1. The number of hydrogen-bond donors (Lipinski definition) is 1. The van der Waals surface area contributed by atoms with Gasteiger partial charge in [-0.2, -0.15) is 0 Å². The van der Waals surface area contributed by atoms with Crippen molar-refractivity contribution in [3.8, 4) is 0 Å². The van der Waals surface area contributed by atoms with Crippen LogP contribution in [-0.2, 0) is 10.6 Å². The fraction of sp³-hybridized carbons (Fsp3) is 0.222. The van der Waals surface area contributed by atoms with Crippen molar-refractivity contribution in [3.63, 3.8) is 0 Å². The van der Waals surface area contributed by atoms with E-state index in [0.717, 1.165) is 29.0 Å². The van der Waals surface area contributed by atoms with Crippen molar-refractivity contribution in [2.45, 2.75) is 6.42 Å². The Bertz CT molecular complexity index is 319. The quantitative estimate of drug-likeness (QED) is 0.640. The van der Waals surface area contributed by atoms with Crippen LogP contribution in [0.3, 0.4) is 0 Å². The van der Waals surface area contributed by atoms with E-state index in [1.165, 1.54) is 0 Å². The Hall–Kier alpha value is -0.870. The highest BCUT2D eigenvalue weighted by Gasteiger charge is 2.00. The molecule has 0 saturated carbocycles. The number of carbonyl (C=O) groups excluding carboxylic acids is 1. The molecule has 14 heavy (non-hydrogen) atoms. The van der Waals surface area contributed by atoms with E-state index in [4.69, 9.17) is 17.3 Å². The van der Waals surface area contributed by atoms with E-state index in [0.29, 0.717) is 5.75 Å². The van der Waals surface area contributed by atoms with Crippen molar-refractivity contribution in [3.05, 3.63) is 34.9 Å². The Morgan fingerprint density at radius 1 is 1.50 bits per heavy atom. The predicted molar refractivity (Wildman–Crippen MR) is 58.3 cm³/mol. The zero-order valence-electron chi connectivity index (χ0n) is 7.40. The maximum Gasteiger partial charge on any atom is 0.416 e. The third kappa shape index (κ3) is 3.89. The molecular formula is C9H10ClNO2S. The summed E-state index contributed by atoms with van der Waals surface area (Å²) in [5, 5.41) is 0.729. The molecule has 0 atom stereocenters. The minimum atomic E-state index is -0.769. The van der Waals surface area contributed by atoms with Crippen molar-refractivity contribution >= 4 is 29.7 Å². The monoisotopic (exact) mass is 231 g/mol. The lowest BCUT2D eigenvalue weighted by Crippen LogP contribution is -2.09. The van der Waals surface area contributed by atoms with Gasteiger partial charge in [-0.15, -0.1) is 0 Å². The normalized spacial score (nSPS) is 9.79. The summed E-state index contributed by atoms with van der Waals surface area (Å²) in [7, 11) is 0. The van der Waals surface area contributed by atoms with Crippen LogP contribution in [0.2, 0.25) is 5.02 Å². The molecule has 3 nitrogen and oxygen atoms in total. The van der Waals surface area contributed by atoms with Gasteiger partial charge in [0.25, 0.3) is 0 Å². The lowest BCUT2D eigenvalue weighted by Gasteiger charge is -2.02. The first kappa shape index (κ1) is 11.2. The zero-order valence-corrected chi connectivity index (χ0v) is 8.98. The van der Waals surface area contributed by atoms with Crippen LogP contribution in [0, 0.1) is 0 Å². The molecule has 76 valence electrons. The molecule has 0 aromatic heterocycles. The maximum atomic E-state index is 10.2. The maximum absolute atomic E-state index is 10.2. The third-order valence-corrected chi connectivity index (χ3v) is 2.58. The molecule has 2 N–H and O–H groups in total.